The van der Waals surface area contributed by atoms with Crippen molar-refractivity contribution in [2.75, 3.05) is 0 Å². The van der Waals surface area contributed by atoms with Gasteiger partial charge in [0.1, 0.15) is 0 Å². The number of carbonyl (C=O) groups is 1. The second-order valence-corrected chi connectivity index (χ2v) is 2.88. The van der Waals surface area contributed by atoms with Gasteiger partial charge >= 0.3 is 35.5 Å². The molecule has 1 aromatic rings. The first-order chi connectivity index (χ1) is 5.68. The summed E-state index contributed by atoms with van der Waals surface area (Å²) >= 11 is 0. The Balaban J connectivity index is 0. The number of hydrogen-bond donors (Lipinski definition) is 1. The van der Waals surface area contributed by atoms with Crippen molar-refractivity contribution in [2.24, 2.45) is 0 Å². The fourth-order valence-electron chi connectivity index (χ4n) is 1.01. The third kappa shape index (κ3) is 5.09. The van der Waals surface area contributed by atoms with Gasteiger partial charge in [0.2, 0.25) is 0 Å². The van der Waals surface area contributed by atoms with Crippen molar-refractivity contribution in [2.45, 2.75) is 19.8 Å². The summed E-state index contributed by atoms with van der Waals surface area (Å²) in [6.45, 7) is 2.01. The van der Waals surface area contributed by atoms with E-state index in [0.29, 0.717) is 6.42 Å². The summed E-state index contributed by atoms with van der Waals surface area (Å²) in [5.74, 6) is -0.740. The molecule has 0 heterocycles. The standard InChI is InChI=1S/C10H12O2.Na.H/c1-8-2-4-9(5-3-8)6-7-10(11)12;;/h2-5H,6-7H2,1H3,(H,11,12);;/q;+1;-1. The minimum absolute atomic E-state index is 0. The van der Waals surface area contributed by atoms with Crippen molar-refractivity contribution < 1.29 is 40.9 Å². The van der Waals surface area contributed by atoms with E-state index in [9.17, 15) is 4.79 Å². The monoisotopic (exact) mass is 188 g/mol. The van der Waals surface area contributed by atoms with Gasteiger partial charge in [0.25, 0.3) is 0 Å². The largest absolute Gasteiger partial charge is 1.00 e. The van der Waals surface area contributed by atoms with E-state index < -0.39 is 5.97 Å². The zero-order valence-corrected chi connectivity index (χ0v) is 10.1. The summed E-state index contributed by atoms with van der Waals surface area (Å²) in [6.07, 6.45) is 0.832. The number of hydrogen-bond acceptors (Lipinski definition) is 1. The Hall–Kier alpha value is -0.310. The molecule has 2 nitrogen and oxygen atoms in total. The van der Waals surface area contributed by atoms with Crippen LogP contribution in [0.1, 0.15) is 19.0 Å². The van der Waals surface area contributed by atoms with Crippen molar-refractivity contribution in [3.8, 4) is 0 Å². The number of benzene rings is 1. The zero-order chi connectivity index (χ0) is 8.97. The Morgan fingerprint density at radius 2 is 1.92 bits per heavy atom. The van der Waals surface area contributed by atoms with Gasteiger partial charge in [-0.05, 0) is 18.9 Å². The maximum absolute atomic E-state index is 10.2. The van der Waals surface area contributed by atoms with Crippen molar-refractivity contribution in [1.29, 1.82) is 0 Å². The Labute approximate surface area is 102 Å². The van der Waals surface area contributed by atoms with Crippen LogP contribution in [0.25, 0.3) is 0 Å². The number of aliphatic carboxylic acids is 1. The molecule has 0 saturated heterocycles. The predicted molar refractivity (Wildman–Crippen MR) is 48.2 cm³/mol. The molecule has 0 radical (unpaired) electrons. The summed E-state index contributed by atoms with van der Waals surface area (Å²) in [6, 6.07) is 7.94. The smallest absolute Gasteiger partial charge is 1.00 e. The summed E-state index contributed by atoms with van der Waals surface area (Å²) in [4.78, 5) is 10.2. The number of carboxylic acids is 1. The first kappa shape index (κ1) is 12.7. The molecule has 0 unspecified atom stereocenters. The topological polar surface area (TPSA) is 37.3 Å². The summed E-state index contributed by atoms with van der Waals surface area (Å²) in [7, 11) is 0. The molecule has 0 aliphatic carbocycles. The SMILES string of the molecule is Cc1ccc(CCC(=O)O)cc1.[H-].[Na+]. The van der Waals surface area contributed by atoms with Crippen molar-refractivity contribution >= 4 is 5.97 Å². The van der Waals surface area contributed by atoms with Crippen molar-refractivity contribution in [3.05, 3.63) is 35.4 Å². The average molecular weight is 188 g/mol. The Morgan fingerprint density at radius 1 is 1.38 bits per heavy atom. The van der Waals surface area contributed by atoms with Gasteiger partial charge in [-0.25, -0.2) is 0 Å². The van der Waals surface area contributed by atoms with Gasteiger partial charge in [-0.3, -0.25) is 4.79 Å². The molecule has 1 aromatic carbocycles. The van der Waals surface area contributed by atoms with E-state index in [1.54, 1.807) is 0 Å². The van der Waals surface area contributed by atoms with Crippen LogP contribution < -0.4 is 29.6 Å². The molecule has 13 heavy (non-hydrogen) atoms. The second-order valence-electron chi connectivity index (χ2n) is 2.88. The molecular weight excluding hydrogens is 175 g/mol. The average Bonchev–Trinajstić information content (AvgIpc) is 2.03. The summed E-state index contributed by atoms with van der Waals surface area (Å²) in [5, 5.41) is 8.43. The maximum Gasteiger partial charge on any atom is 1.00 e. The first-order valence-electron chi connectivity index (χ1n) is 3.96. The molecule has 0 atom stereocenters. The van der Waals surface area contributed by atoms with E-state index >= 15 is 0 Å². The molecule has 0 saturated carbocycles. The van der Waals surface area contributed by atoms with E-state index in [-0.39, 0.29) is 37.4 Å². The molecule has 0 amide bonds. The molecule has 3 heteroatoms. The quantitative estimate of drug-likeness (QED) is 0.626. The van der Waals surface area contributed by atoms with Gasteiger partial charge < -0.3 is 6.53 Å². The minimum Gasteiger partial charge on any atom is -1.00 e. The first-order valence-corrected chi connectivity index (χ1v) is 3.96. The van der Waals surface area contributed by atoms with Crippen LogP contribution in [0.4, 0.5) is 0 Å². The van der Waals surface area contributed by atoms with Gasteiger partial charge in [-0.2, -0.15) is 0 Å². The molecule has 0 fully saturated rings. The Morgan fingerprint density at radius 3 is 2.38 bits per heavy atom. The summed E-state index contributed by atoms with van der Waals surface area (Å²) < 4.78 is 0. The van der Waals surface area contributed by atoms with Crippen molar-refractivity contribution in [1.82, 2.24) is 0 Å². The molecule has 0 spiro atoms. The van der Waals surface area contributed by atoms with E-state index in [4.69, 9.17) is 5.11 Å². The van der Waals surface area contributed by atoms with Crippen LogP contribution in [-0.4, -0.2) is 11.1 Å². The molecule has 0 aliphatic heterocycles. The fraction of sp³-hybridized carbons (Fsp3) is 0.300. The van der Waals surface area contributed by atoms with Gasteiger partial charge in [0, 0.05) is 6.42 Å². The minimum atomic E-state index is -0.740. The van der Waals surface area contributed by atoms with Gasteiger partial charge in [0.05, 0.1) is 0 Å². The third-order valence-corrected chi connectivity index (χ3v) is 1.75. The molecule has 66 valence electrons. The normalized spacial score (nSPS) is 9.00. The van der Waals surface area contributed by atoms with Gasteiger partial charge in [-0.1, -0.05) is 29.8 Å². The molecule has 1 N–H and O–H groups in total. The number of rotatable bonds is 3. The van der Waals surface area contributed by atoms with Crippen LogP contribution in [0.3, 0.4) is 0 Å². The molecule has 1 rings (SSSR count). The predicted octanol–water partition coefficient (Wildman–Crippen LogP) is -0.871. The maximum atomic E-state index is 10.2. The van der Waals surface area contributed by atoms with Crippen LogP contribution in [-0.2, 0) is 11.2 Å². The van der Waals surface area contributed by atoms with Gasteiger partial charge in [-0.15, -0.1) is 0 Å². The van der Waals surface area contributed by atoms with Crippen LogP contribution in [0.15, 0.2) is 24.3 Å². The van der Waals surface area contributed by atoms with Crippen LogP contribution in [0, 0.1) is 6.92 Å². The van der Waals surface area contributed by atoms with Crippen LogP contribution >= 0.6 is 0 Å². The molecular formula is C10H13NaO2. The van der Waals surface area contributed by atoms with E-state index in [1.807, 2.05) is 31.2 Å². The van der Waals surface area contributed by atoms with Crippen molar-refractivity contribution in [3.63, 3.8) is 0 Å². The van der Waals surface area contributed by atoms with E-state index in [2.05, 4.69) is 0 Å². The molecule has 0 aromatic heterocycles. The Kier molecular flexibility index (Phi) is 6.04. The molecule has 0 aliphatic rings. The zero-order valence-electron chi connectivity index (χ0n) is 9.08. The molecule has 0 bridgehead atoms. The van der Waals surface area contributed by atoms with Crippen LogP contribution in [0.2, 0.25) is 0 Å². The fourth-order valence-corrected chi connectivity index (χ4v) is 1.01. The number of aryl methyl sites for hydroxylation is 2. The Bertz CT molecular complexity index is 272. The van der Waals surface area contributed by atoms with Gasteiger partial charge in [0.15, 0.2) is 0 Å². The van der Waals surface area contributed by atoms with Crippen LogP contribution in [0.5, 0.6) is 0 Å². The number of carboxylic acid groups (broad SMARTS) is 1. The van der Waals surface area contributed by atoms with E-state index in [1.165, 1.54) is 5.56 Å². The third-order valence-electron chi connectivity index (χ3n) is 1.75. The van der Waals surface area contributed by atoms with E-state index in [0.717, 1.165) is 5.56 Å². The summed E-state index contributed by atoms with van der Waals surface area (Å²) in [5.41, 5.74) is 2.29. The second kappa shape index (κ2) is 6.19.